The average molecular weight is 316 g/mol. The van der Waals surface area contributed by atoms with Crippen LogP contribution in [0.1, 0.15) is 0 Å². The number of fused-ring (bicyclic) bond motifs is 1. The molecule has 0 aromatic heterocycles. The van der Waals surface area contributed by atoms with Crippen molar-refractivity contribution in [3.05, 3.63) is 84.4 Å². The van der Waals surface area contributed by atoms with Crippen molar-refractivity contribution in [2.45, 2.75) is 0 Å². The predicted octanol–water partition coefficient (Wildman–Crippen LogP) is 2.40. The fourth-order valence-corrected chi connectivity index (χ4v) is 2.72. The fourth-order valence-electron chi connectivity index (χ4n) is 2.72. The molecule has 0 saturated carbocycles. The summed E-state index contributed by atoms with van der Waals surface area (Å²) in [5.41, 5.74) is 3.73. The van der Waals surface area contributed by atoms with Crippen LogP contribution in [0.25, 0.3) is 0 Å². The number of anilines is 2. The second kappa shape index (κ2) is 6.04. The van der Waals surface area contributed by atoms with Gasteiger partial charge in [-0.2, -0.15) is 0 Å². The van der Waals surface area contributed by atoms with Crippen molar-refractivity contribution in [3.8, 4) is 0 Å². The monoisotopic (exact) mass is 316 g/mol. The highest BCUT2D eigenvalue weighted by molar-refractivity contribution is 6.76. The molecule has 0 fully saturated rings. The second-order valence-electron chi connectivity index (χ2n) is 5.53. The zero-order chi connectivity index (χ0) is 16.5. The Morgan fingerprint density at radius 1 is 0.542 bits per heavy atom. The van der Waals surface area contributed by atoms with Crippen LogP contribution in [0.15, 0.2) is 72.8 Å². The van der Waals surface area contributed by atoms with E-state index < -0.39 is 0 Å². The lowest BCUT2D eigenvalue weighted by Gasteiger charge is -2.42. The number of hydrogen-bond donors (Lipinski definition) is 0. The lowest BCUT2D eigenvalue weighted by Crippen LogP contribution is -2.63. The highest BCUT2D eigenvalue weighted by atomic mass is 19.1. The van der Waals surface area contributed by atoms with E-state index in [1.54, 1.807) is 24.3 Å². The number of halogens is 2. The molecular weight excluding hydrogens is 304 g/mol. The third-order valence-corrected chi connectivity index (χ3v) is 3.93. The lowest BCUT2D eigenvalue weighted by molar-refractivity contribution is 0.627. The topological polar surface area (TPSA) is 6.48 Å². The van der Waals surface area contributed by atoms with Gasteiger partial charge >= 0.3 is 14.8 Å². The van der Waals surface area contributed by atoms with E-state index in [9.17, 15) is 8.78 Å². The molecule has 0 atom stereocenters. The summed E-state index contributed by atoms with van der Waals surface area (Å²) in [7, 11) is 3.96. The van der Waals surface area contributed by atoms with Gasteiger partial charge in [0.15, 0.2) is 0 Å². The molecule has 3 aromatic carbocycles. The van der Waals surface area contributed by atoms with Gasteiger partial charge < -0.3 is 9.84 Å². The Hall–Kier alpha value is -2.75. The highest BCUT2D eigenvalue weighted by Crippen LogP contribution is 2.23. The summed E-state index contributed by atoms with van der Waals surface area (Å²) in [5, 5.41) is 0. The normalized spacial score (nSPS) is 13.1. The van der Waals surface area contributed by atoms with Crippen LogP contribution in [-0.2, 0) is 0 Å². The van der Waals surface area contributed by atoms with Crippen molar-refractivity contribution >= 4 is 37.1 Å². The highest BCUT2D eigenvalue weighted by Gasteiger charge is 2.27. The summed E-state index contributed by atoms with van der Waals surface area (Å²) in [6.45, 7) is 0. The molecule has 6 heteroatoms. The molecule has 0 saturated heterocycles. The summed E-state index contributed by atoms with van der Waals surface area (Å²) in [4.78, 5) is 3.82. The molecule has 24 heavy (non-hydrogen) atoms. The Kier molecular flexibility index (Phi) is 3.73. The van der Waals surface area contributed by atoms with Crippen molar-refractivity contribution in [3.63, 3.8) is 0 Å². The van der Waals surface area contributed by atoms with Crippen molar-refractivity contribution in [2.75, 3.05) is 9.84 Å². The van der Waals surface area contributed by atoms with Gasteiger partial charge in [-0.05, 0) is 48.5 Å². The van der Waals surface area contributed by atoms with Gasteiger partial charge in [0, 0.05) is 11.4 Å². The molecular formula is C18H12B2F2N2. The third-order valence-electron chi connectivity index (χ3n) is 3.93. The van der Waals surface area contributed by atoms with Crippen LogP contribution in [0.2, 0.25) is 0 Å². The van der Waals surface area contributed by atoms with E-state index in [-0.39, 0.29) is 11.6 Å². The number of nitrogens with zero attached hydrogens (tertiary/aromatic N) is 2. The SMILES string of the molecule is Fc1ccc(N2[B]c3ccccc3[B]N2c2ccc(F)cc2)cc1. The van der Waals surface area contributed by atoms with Crippen molar-refractivity contribution in [2.24, 2.45) is 0 Å². The zero-order valence-corrected chi connectivity index (χ0v) is 12.7. The van der Waals surface area contributed by atoms with Crippen LogP contribution >= 0.6 is 0 Å². The molecule has 3 aromatic rings. The molecule has 1 heterocycles. The number of rotatable bonds is 2. The molecule has 4 rings (SSSR count). The maximum absolute atomic E-state index is 13.3. The van der Waals surface area contributed by atoms with Gasteiger partial charge in [0.25, 0.3) is 0 Å². The van der Waals surface area contributed by atoms with Gasteiger partial charge in [0.2, 0.25) is 0 Å². The minimum Gasteiger partial charge on any atom is -0.342 e. The average Bonchev–Trinajstić information content (AvgIpc) is 2.62. The van der Waals surface area contributed by atoms with E-state index in [1.807, 2.05) is 48.9 Å². The Morgan fingerprint density at radius 2 is 0.917 bits per heavy atom. The molecule has 2 nitrogen and oxygen atoms in total. The Balaban J connectivity index is 1.78. The van der Waals surface area contributed by atoms with E-state index >= 15 is 0 Å². The quantitative estimate of drug-likeness (QED) is 0.670. The van der Waals surface area contributed by atoms with Crippen molar-refractivity contribution < 1.29 is 8.78 Å². The van der Waals surface area contributed by atoms with Crippen molar-refractivity contribution in [1.82, 2.24) is 0 Å². The smallest absolute Gasteiger partial charge is 0.312 e. The molecule has 0 bridgehead atoms. The molecule has 0 spiro atoms. The molecule has 1 aliphatic rings. The van der Waals surface area contributed by atoms with Crippen LogP contribution in [0.5, 0.6) is 0 Å². The molecule has 0 amide bonds. The van der Waals surface area contributed by atoms with E-state index in [0.29, 0.717) is 0 Å². The standard InChI is InChI=1S/C18H12B2F2N2/c21-13-5-9-15(10-6-13)23-19-17-3-1-2-4-18(17)20-24(23)16-11-7-14(22)8-12-16/h1-12H. The summed E-state index contributed by atoms with van der Waals surface area (Å²) in [6, 6.07) is 20.5. The van der Waals surface area contributed by atoms with E-state index in [0.717, 1.165) is 22.3 Å². The van der Waals surface area contributed by atoms with Crippen LogP contribution in [-0.4, -0.2) is 14.8 Å². The van der Waals surface area contributed by atoms with Crippen LogP contribution < -0.4 is 20.8 Å². The van der Waals surface area contributed by atoms with Gasteiger partial charge in [-0.3, -0.25) is 0 Å². The van der Waals surface area contributed by atoms with Gasteiger partial charge in [-0.25, -0.2) is 8.78 Å². The largest absolute Gasteiger partial charge is 0.342 e. The minimum absolute atomic E-state index is 0.284. The zero-order valence-electron chi connectivity index (χ0n) is 12.7. The number of hydrazine groups is 1. The van der Waals surface area contributed by atoms with Gasteiger partial charge in [-0.15, -0.1) is 0 Å². The van der Waals surface area contributed by atoms with Gasteiger partial charge in [0.05, 0.1) is 0 Å². The second-order valence-corrected chi connectivity index (χ2v) is 5.53. The summed E-state index contributed by atoms with van der Waals surface area (Å²) in [5.74, 6) is -0.568. The molecule has 2 radical (unpaired) electrons. The van der Waals surface area contributed by atoms with E-state index in [1.165, 1.54) is 24.3 Å². The molecule has 0 N–H and O–H groups in total. The van der Waals surface area contributed by atoms with Gasteiger partial charge in [0.1, 0.15) is 11.6 Å². The maximum atomic E-state index is 13.3. The predicted molar refractivity (Wildman–Crippen MR) is 95.0 cm³/mol. The Morgan fingerprint density at radius 3 is 1.29 bits per heavy atom. The molecule has 1 aliphatic heterocycles. The maximum Gasteiger partial charge on any atom is 0.312 e. The van der Waals surface area contributed by atoms with Crippen LogP contribution in [0, 0.1) is 11.6 Å². The fraction of sp³-hybridized carbons (Fsp3) is 0. The summed E-state index contributed by atoms with van der Waals surface area (Å²) >= 11 is 0. The first kappa shape index (κ1) is 14.8. The molecule has 0 aliphatic carbocycles. The number of hydrogen-bond acceptors (Lipinski definition) is 2. The summed E-state index contributed by atoms with van der Waals surface area (Å²) < 4.78 is 26.5. The Bertz CT molecular complexity index is 781. The van der Waals surface area contributed by atoms with Crippen molar-refractivity contribution in [1.29, 1.82) is 0 Å². The molecule has 114 valence electrons. The lowest BCUT2D eigenvalue weighted by atomic mass is 9.63. The Labute approximate surface area is 140 Å². The summed E-state index contributed by atoms with van der Waals surface area (Å²) in [6.07, 6.45) is 0. The minimum atomic E-state index is -0.284. The van der Waals surface area contributed by atoms with E-state index in [4.69, 9.17) is 0 Å². The molecule has 0 unspecified atom stereocenters. The van der Waals surface area contributed by atoms with E-state index in [2.05, 4.69) is 0 Å². The van der Waals surface area contributed by atoms with Crippen LogP contribution in [0.4, 0.5) is 20.2 Å². The first-order valence-electron chi connectivity index (χ1n) is 7.59. The van der Waals surface area contributed by atoms with Crippen LogP contribution in [0.3, 0.4) is 0 Å². The first-order chi connectivity index (χ1) is 11.7. The third kappa shape index (κ3) is 2.75. The number of benzene rings is 3. The first-order valence-corrected chi connectivity index (χ1v) is 7.59. The van der Waals surface area contributed by atoms with Gasteiger partial charge in [-0.1, -0.05) is 35.2 Å².